The third kappa shape index (κ3) is 3.89. The highest BCUT2D eigenvalue weighted by Crippen LogP contribution is 2.31. The number of carbonyl (C=O) groups excluding carboxylic acids is 1. The molecule has 0 bridgehead atoms. The van der Waals surface area contributed by atoms with Crippen LogP contribution in [0.25, 0.3) is 11.1 Å². The van der Waals surface area contributed by atoms with E-state index < -0.39 is 0 Å². The molecule has 1 aliphatic heterocycles. The Hall–Kier alpha value is -3.87. The van der Waals surface area contributed by atoms with Crippen LogP contribution in [0, 0.1) is 12.7 Å². The molecule has 2 aromatic heterocycles. The number of nitrogens with one attached hydrogen (secondary N) is 1. The van der Waals surface area contributed by atoms with Gasteiger partial charge in [0.15, 0.2) is 5.69 Å². The van der Waals surface area contributed by atoms with Crippen molar-refractivity contribution in [3.05, 3.63) is 95.3 Å². The van der Waals surface area contributed by atoms with Crippen molar-refractivity contribution in [1.29, 1.82) is 0 Å². The number of anilines is 1. The van der Waals surface area contributed by atoms with Gasteiger partial charge in [-0.2, -0.15) is 0 Å². The number of rotatable bonds is 4. The smallest absolute Gasteiger partial charge is 0.278 e. The summed E-state index contributed by atoms with van der Waals surface area (Å²) in [4.78, 5) is 17.2. The van der Waals surface area contributed by atoms with Gasteiger partial charge in [0.1, 0.15) is 5.82 Å². The van der Waals surface area contributed by atoms with Crippen LogP contribution in [-0.4, -0.2) is 25.9 Å². The number of hydrogen-bond donors (Lipinski definition) is 1. The van der Waals surface area contributed by atoms with Crippen molar-refractivity contribution in [3.63, 3.8) is 0 Å². The van der Waals surface area contributed by atoms with E-state index in [-0.39, 0.29) is 19.2 Å². The lowest BCUT2D eigenvalue weighted by atomic mass is 9.96. The Morgan fingerprint density at radius 2 is 1.88 bits per heavy atom. The van der Waals surface area contributed by atoms with Gasteiger partial charge in [0, 0.05) is 19.0 Å². The van der Waals surface area contributed by atoms with Gasteiger partial charge in [0.25, 0.3) is 5.91 Å². The van der Waals surface area contributed by atoms with E-state index in [1.165, 1.54) is 12.1 Å². The fourth-order valence-corrected chi connectivity index (χ4v) is 4.21. The molecule has 5 rings (SSSR count). The van der Waals surface area contributed by atoms with Gasteiger partial charge in [0.05, 0.1) is 11.7 Å². The summed E-state index contributed by atoms with van der Waals surface area (Å²) in [5, 5.41) is 11.4. The third-order valence-corrected chi connectivity index (χ3v) is 5.82. The quantitative estimate of drug-likeness (QED) is 0.483. The largest absolute Gasteiger partial charge is 0.321 e. The topological polar surface area (TPSA) is 72.7 Å². The number of carbonyl (C=O) groups is 1. The molecule has 0 aliphatic carbocycles. The molecule has 0 spiro atoms. The summed E-state index contributed by atoms with van der Waals surface area (Å²) in [6.07, 6.45) is 4.30. The van der Waals surface area contributed by atoms with Crippen molar-refractivity contribution >= 4 is 11.6 Å². The fourth-order valence-electron chi connectivity index (χ4n) is 4.21. The molecule has 0 saturated heterocycles. The summed E-state index contributed by atoms with van der Waals surface area (Å²) in [5.74, 6) is -0.549. The average Bonchev–Trinajstić information content (AvgIpc) is 3.25. The van der Waals surface area contributed by atoms with Gasteiger partial charge in [-0.1, -0.05) is 29.5 Å². The molecule has 2 aromatic carbocycles. The number of halogens is 1. The number of fused-ring (bicyclic) bond motifs is 1. The van der Waals surface area contributed by atoms with Crippen LogP contribution < -0.4 is 5.32 Å². The minimum Gasteiger partial charge on any atom is -0.321 e. The molecule has 3 heterocycles. The predicted molar refractivity (Wildman–Crippen MR) is 122 cm³/mol. The molecule has 6 nitrogen and oxygen atoms in total. The Kier molecular flexibility index (Phi) is 5.23. The summed E-state index contributed by atoms with van der Waals surface area (Å²) in [5.41, 5.74) is 5.89. The molecular weight excluding hydrogens is 405 g/mol. The second kappa shape index (κ2) is 8.34. The van der Waals surface area contributed by atoms with Gasteiger partial charge >= 0.3 is 0 Å². The summed E-state index contributed by atoms with van der Waals surface area (Å²) in [6.45, 7) is 1.96. The first kappa shape index (κ1) is 20.1. The van der Waals surface area contributed by atoms with Crippen LogP contribution in [0.4, 0.5) is 10.1 Å². The molecule has 0 radical (unpaired) electrons. The number of aryl methyl sites for hydroxylation is 1. The Balaban J connectivity index is 0.00000259. The molecule has 0 fully saturated rings. The first-order valence-electron chi connectivity index (χ1n) is 10.6. The van der Waals surface area contributed by atoms with Crippen LogP contribution in [0.15, 0.2) is 66.9 Å². The second-order valence-electron chi connectivity index (χ2n) is 8.01. The molecule has 1 unspecified atom stereocenters. The first-order chi connectivity index (χ1) is 15.6. The molecule has 1 aliphatic rings. The average molecular weight is 429 g/mol. The number of aromatic nitrogens is 4. The van der Waals surface area contributed by atoms with Crippen LogP contribution in [0.1, 0.15) is 47.7 Å². The van der Waals surface area contributed by atoms with E-state index in [1.54, 1.807) is 23.0 Å². The summed E-state index contributed by atoms with van der Waals surface area (Å²) >= 11 is 0. The Bertz CT molecular complexity index is 1270. The van der Waals surface area contributed by atoms with Crippen LogP contribution in [0.3, 0.4) is 0 Å². The minimum absolute atomic E-state index is 0. The van der Waals surface area contributed by atoms with Gasteiger partial charge in [-0.05, 0) is 79.3 Å². The monoisotopic (exact) mass is 429 g/mol. The maximum Gasteiger partial charge on any atom is 0.278 e. The highest BCUT2D eigenvalue weighted by molar-refractivity contribution is 6.03. The number of hydrogen-bond acceptors (Lipinski definition) is 4. The van der Waals surface area contributed by atoms with Crippen molar-refractivity contribution in [1.82, 2.24) is 20.0 Å². The van der Waals surface area contributed by atoms with E-state index in [2.05, 4.69) is 20.6 Å². The highest BCUT2D eigenvalue weighted by atomic mass is 19.1. The van der Waals surface area contributed by atoms with Gasteiger partial charge in [-0.3, -0.25) is 9.78 Å². The zero-order valence-electron chi connectivity index (χ0n) is 17.6. The van der Waals surface area contributed by atoms with Crippen LogP contribution in [0.2, 0.25) is 0 Å². The first-order valence-corrected chi connectivity index (χ1v) is 10.6. The molecule has 32 heavy (non-hydrogen) atoms. The van der Waals surface area contributed by atoms with Crippen LogP contribution in [-0.2, 0) is 6.42 Å². The maximum absolute atomic E-state index is 13.3. The van der Waals surface area contributed by atoms with Gasteiger partial charge < -0.3 is 5.32 Å². The normalized spacial score (nSPS) is 15.2. The van der Waals surface area contributed by atoms with Crippen molar-refractivity contribution < 1.29 is 10.6 Å². The third-order valence-electron chi connectivity index (χ3n) is 5.82. The standard InChI is InChI=1S/C25H22FN5O.H2/c1-16-15-19(13-14-27-16)17-7-11-21(12-8-17)28-25(32)24-23-4-2-3-22(31(23)30-29-24)18-5-9-20(26)10-6-18;/h5-15,22H,2-4H2,1H3,(H,28,32);1H. The SMILES string of the molecule is Cc1cc(-c2ccc(NC(=O)c3nnn4c3CCCC4c3ccc(F)cc3)cc2)ccn1.[HH]. The summed E-state index contributed by atoms with van der Waals surface area (Å²) < 4.78 is 15.1. The van der Waals surface area contributed by atoms with E-state index in [1.807, 2.05) is 43.3 Å². The summed E-state index contributed by atoms with van der Waals surface area (Å²) in [6, 6.07) is 18.1. The van der Waals surface area contributed by atoms with Crippen LogP contribution in [0.5, 0.6) is 0 Å². The Labute approximate surface area is 186 Å². The van der Waals surface area contributed by atoms with Crippen molar-refractivity contribution in [2.75, 3.05) is 5.32 Å². The van der Waals surface area contributed by atoms with E-state index in [4.69, 9.17) is 0 Å². The number of benzene rings is 2. The molecule has 0 saturated carbocycles. The number of pyridine rings is 1. The van der Waals surface area contributed by atoms with E-state index in [0.717, 1.165) is 47.3 Å². The molecule has 1 N–H and O–H groups in total. The number of amides is 1. The molecular formula is C25H24FN5O. The molecule has 4 aromatic rings. The fraction of sp³-hybridized carbons (Fsp3) is 0.200. The van der Waals surface area contributed by atoms with Crippen molar-refractivity contribution in [3.8, 4) is 11.1 Å². The Morgan fingerprint density at radius 1 is 1.09 bits per heavy atom. The highest BCUT2D eigenvalue weighted by Gasteiger charge is 2.28. The maximum atomic E-state index is 13.3. The molecule has 1 amide bonds. The lowest BCUT2D eigenvalue weighted by Gasteiger charge is -2.24. The predicted octanol–water partition coefficient (Wildman–Crippen LogP) is 5.21. The van der Waals surface area contributed by atoms with Gasteiger partial charge in [-0.15, -0.1) is 5.10 Å². The van der Waals surface area contributed by atoms with E-state index in [9.17, 15) is 9.18 Å². The molecule has 162 valence electrons. The number of nitrogens with zero attached hydrogens (tertiary/aromatic N) is 4. The lowest BCUT2D eigenvalue weighted by Crippen LogP contribution is -2.22. The van der Waals surface area contributed by atoms with Crippen molar-refractivity contribution in [2.45, 2.75) is 32.2 Å². The van der Waals surface area contributed by atoms with Gasteiger partial charge in [-0.25, -0.2) is 9.07 Å². The summed E-state index contributed by atoms with van der Waals surface area (Å²) in [7, 11) is 0. The Morgan fingerprint density at radius 3 is 2.62 bits per heavy atom. The second-order valence-corrected chi connectivity index (χ2v) is 8.01. The van der Waals surface area contributed by atoms with Gasteiger partial charge in [0.2, 0.25) is 0 Å². The van der Waals surface area contributed by atoms with Crippen LogP contribution >= 0.6 is 0 Å². The molecule has 7 heteroatoms. The zero-order valence-corrected chi connectivity index (χ0v) is 17.6. The van der Waals surface area contributed by atoms with E-state index in [0.29, 0.717) is 11.4 Å². The zero-order chi connectivity index (χ0) is 22.1. The molecule has 1 atom stereocenters. The van der Waals surface area contributed by atoms with Crippen molar-refractivity contribution in [2.24, 2.45) is 0 Å². The minimum atomic E-state index is -0.279. The van der Waals surface area contributed by atoms with E-state index >= 15 is 0 Å². The lowest BCUT2D eigenvalue weighted by molar-refractivity contribution is 0.102.